The Kier molecular flexibility index (Phi) is 3.49. The summed E-state index contributed by atoms with van der Waals surface area (Å²) in [6.45, 7) is 0. The molecule has 0 fully saturated rings. The number of aromatic nitrogens is 2. The summed E-state index contributed by atoms with van der Waals surface area (Å²) >= 11 is 0. The van der Waals surface area contributed by atoms with Crippen LogP contribution in [0.5, 0.6) is 5.75 Å². The first kappa shape index (κ1) is 15.3. The molecule has 0 bridgehead atoms. The summed E-state index contributed by atoms with van der Waals surface area (Å²) in [6, 6.07) is 9.59. The molecular weight excluding hydrogens is 328 g/mol. The van der Waals surface area contributed by atoms with Gasteiger partial charge in [0.05, 0.1) is 11.4 Å². The molecular formula is C18H13F2N3O2. The third-order valence-corrected chi connectivity index (χ3v) is 4.24. The maximum absolute atomic E-state index is 14.1. The molecule has 2 N–H and O–H groups in total. The molecule has 5 nitrogen and oxygen atoms in total. The highest BCUT2D eigenvalue weighted by atomic mass is 19.1. The van der Waals surface area contributed by atoms with Gasteiger partial charge in [0.1, 0.15) is 29.5 Å². The number of carbonyl (C=O) groups excluding carboxylic acids is 1. The number of halogens is 2. The lowest BCUT2D eigenvalue weighted by molar-refractivity contribution is -0.116. The van der Waals surface area contributed by atoms with Crippen molar-refractivity contribution in [2.45, 2.75) is 12.3 Å². The Morgan fingerprint density at radius 2 is 1.92 bits per heavy atom. The number of benzene rings is 2. The van der Waals surface area contributed by atoms with Gasteiger partial charge in [0.15, 0.2) is 0 Å². The number of anilines is 1. The predicted molar refractivity (Wildman–Crippen MR) is 86.7 cm³/mol. The monoisotopic (exact) mass is 341 g/mol. The summed E-state index contributed by atoms with van der Waals surface area (Å²) in [5.41, 5.74) is 1.34. The first-order chi connectivity index (χ1) is 12.0. The Labute approximate surface area is 141 Å². The molecule has 0 spiro atoms. The van der Waals surface area contributed by atoms with Crippen LogP contribution in [-0.2, 0) is 4.79 Å². The molecule has 7 heteroatoms. The summed E-state index contributed by atoms with van der Waals surface area (Å²) in [5, 5.41) is 12.1. The van der Waals surface area contributed by atoms with Gasteiger partial charge < -0.3 is 10.4 Å². The van der Waals surface area contributed by atoms with Crippen molar-refractivity contribution < 1.29 is 18.7 Å². The van der Waals surface area contributed by atoms with Gasteiger partial charge in [-0.25, -0.2) is 13.8 Å². The number of rotatable bonds is 2. The maximum atomic E-state index is 14.1. The molecule has 1 amide bonds. The van der Waals surface area contributed by atoms with E-state index in [2.05, 4.69) is 10.3 Å². The Hall–Kier alpha value is -3.22. The van der Waals surface area contributed by atoms with E-state index in [9.17, 15) is 18.7 Å². The number of carbonyl (C=O) groups is 1. The summed E-state index contributed by atoms with van der Waals surface area (Å²) in [7, 11) is 0. The van der Waals surface area contributed by atoms with Crippen molar-refractivity contribution in [3.05, 3.63) is 71.7 Å². The van der Waals surface area contributed by atoms with Crippen LogP contribution in [0.1, 0.15) is 23.6 Å². The average Bonchev–Trinajstić information content (AvgIpc) is 3.00. The number of hydrogen-bond acceptors (Lipinski definition) is 3. The van der Waals surface area contributed by atoms with Crippen molar-refractivity contribution in [2.24, 2.45) is 0 Å². The molecule has 1 aliphatic heterocycles. The summed E-state index contributed by atoms with van der Waals surface area (Å²) < 4.78 is 29.0. The molecule has 2 heterocycles. The quantitative estimate of drug-likeness (QED) is 0.751. The molecule has 0 saturated heterocycles. The normalized spacial score (nSPS) is 16.4. The molecule has 4 rings (SSSR count). The van der Waals surface area contributed by atoms with Gasteiger partial charge in [-0.05, 0) is 29.8 Å². The van der Waals surface area contributed by atoms with E-state index in [-0.39, 0.29) is 29.7 Å². The van der Waals surface area contributed by atoms with Gasteiger partial charge in [0, 0.05) is 18.4 Å². The average molecular weight is 341 g/mol. The molecule has 3 aromatic rings. The smallest absolute Gasteiger partial charge is 0.226 e. The third kappa shape index (κ3) is 2.63. The molecule has 0 saturated carbocycles. The van der Waals surface area contributed by atoms with Crippen molar-refractivity contribution >= 4 is 11.7 Å². The van der Waals surface area contributed by atoms with E-state index in [1.807, 2.05) is 0 Å². The predicted octanol–water partition coefficient (Wildman–Crippen LogP) is 3.33. The van der Waals surface area contributed by atoms with Crippen LogP contribution in [0.25, 0.3) is 5.69 Å². The van der Waals surface area contributed by atoms with E-state index in [1.165, 1.54) is 23.0 Å². The molecule has 2 aromatic carbocycles. The van der Waals surface area contributed by atoms with Crippen LogP contribution < -0.4 is 5.32 Å². The van der Waals surface area contributed by atoms with Crippen LogP contribution in [0.15, 0.2) is 48.8 Å². The van der Waals surface area contributed by atoms with Crippen LogP contribution in [0.4, 0.5) is 14.6 Å². The van der Waals surface area contributed by atoms with Gasteiger partial charge in [-0.3, -0.25) is 9.36 Å². The molecule has 0 unspecified atom stereocenters. The van der Waals surface area contributed by atoms with Crippen molar-refractivity contribution in [2.75, 3.05) is 5.32 Å². The number of aromatic hydroxyl groups is 1. The molecule has 0 aliphatic carbocycles. The standard InChI is InChI=1S/C18H13F2N3O2/c19-11-3-6-14(20)15(7-11)23-9-21-17-13(8-16(25)22-18(17)23)10-1-4-12(24)5-2-10/h1-7,9,13,24H,8H2,(H,22,25)/t13-/m1/s1. The van der Waals surface area contributed by atoms with Gasteiger partial charge in [-0.15, -0.1) is 0 Å². The molecule has 1 aliphatic rings. The third-order valence-electron chi connectivity index (χ3n) is 4.24. The Morgan fingerprint density at radius 1 is 1.16 bits per heavy atom. The van der Waals surface area contributed by atoms with Crippen molar-refractivity contribution in [1.82, 2.24) is 9.55 Å². The first-order valence-electron chi connectivity index (χ1n) is 7.64. The zero-order valence-electron chi connectivity index (χ0n) is 12.9. The number of nitrogens with zero attached hydrogens (tertiary/aromatic N) is 2. The number of hydrogen-bond donors (Lipinski definition) is 2. The van der Waals surface area contributed by atoms with E-state index in [0.717, 1.165) is 23.8 Å². The lowest BCUT2D eigenvalue weighted by atomic mass is 9.90. The Bertz CT molecular complexity index is 967. The first-order valence-corrected chi connectivity index (χ1v) is 7.64. The minimum atomic E-state index is -0.623. The number of phenolic OH excluding ortho intramolecular Hbond substituents is 1. The molecule has 0 radical (unpaired) electrons. The van der Waals surface area contributed by atoms with Gasteiger partial charge in [0.2, 0.25) is 5.91 Å². The molecule has 1 aromatic heterocycles. The number of nitrogens with one attached hydrogen (secondary N) is 1. The van der Waals surface area contributed by atoms with E-state index >= 15 is 0 Å². The van der Waals surface area contributed by atoms with E-state index in [4.69, 9.17) is 0 Å². The number of phenols is 1. The summed E-state index contributed by atoms with van der Waals surface area (Å²) in [6.07, 6.45) is 1.54. The Morgan fingerprint density at radius 3 is 2.68 bits per heavy atom. The zero-order chi connectivity index (χ0) is 17.6. The van der Waals surface area contributed by atoms with E-state index in [0.29, 0.717) is 11.5 Å². The minimum absolute atomic E-state index is 0.0274. The fourth-order valence-electron chi connectivity index (χ4n) is 3.04. The fraction of sp³-hybridized carbons (Fsp3) is 0.111. The second-order valence-corrected chi connectivity index (χ2v) is 5.84. The van der Waals surface area contributed by atoms with Gasteiger partial charge in [-0.1, -0.05) is 12.1 Å². The van der Waals surface area contributed by atoms with Crippen LogP contribution >= 0.6 is 0 Å². The van der Waals surface area contributed by atoms with Gasteiger partial charge >= 0.3 is 0 Å². The zero-order valence-corrected chi connectivity index (χ0v) is 12.9. The second-order valence-electron chi connectivity index (χ2n) is 5.84. The highest BCUT2D eigenvalue weighted by molar-refractivity contribution is 5.94. The van der Waals surface area contributed by atoms with Crippen LogP contribution in [-0.4, -0.2) is 20.6 Å². The SMILES string of the molecule is O=C1C[C@H](c2ccc(O)cc2)c2ncn(-c3cc(F)ccc3F)c2N1. The molecule has 25 heavy (non-hydrogen) atoms. The number of imidazole rings is 1. The van der Waals surface area contributed by atoms with Crippen LogP contribution in [0.3, 0.4) is 0 Å². The van der Waals surface area contributed by atoms with Gasteiger partial charge in [0.25, 0.3) is 0 Å². The molecule has 1 atom stereocenters. The maximum Gasteiger partial charge on any atom is 0.226 e. The second kappa shape index (κ2) is 5.70. The van der Waals surface area contributed by atoms with Crippen molar-refractivity contribution in [3.8, 4) is 11.4 Å². The lowest BCUT2D eigenvalue weighted by Crippen LogP contribution is -2.25. The van der Waals surface area contributed by atoms with Crippen molar-refractivity contribution in [3.63, 3.8) is 0 Å². The van der Waals surface area contributed by atoms with E-state index in [1.54, 1.807) is 12.1 Å². The van der Waals surface area contributed by atoms with Gasteiger partial charge in [-0.2, -0.15) is 0 Å². The fourth-order valence-corrected chi connectivity index (χ4v) is 3.04. The topological polar surface area (TPSA) is 67.1 Å². The van der Waals surface area contributed by atoms with E-state index < -0.39 is 11.6 Å². The molecule has 126 valence electrons. The minimum Gasteiger partial charge on any atom is -0.508 e. The Balaban J connectivity index is 1.84. The lowest BCUT2D eigenvalue weighted by Gasteiger charge is -2.23. The van der Waals surface area contributed by atoms with Crippen LogP contribution in [0.2, 0.25) is 0 Å². The highest BCUT2D eigenvalue weighted by Gasteiger charge is 2.31. The largest absolute Gasteiger partial charge is 0.508 e. The van der Waals surface area contributed by atoms with Crippen molar-refractivity contribution in [1.29, 1.82) is 0 Å². The highest BCUT2D eigenvalue weighted by Crippen LogP contribution is 2.38. The summed E-state index contributed by atoms with van der Waals surface area (Å²) in [5.74, 6) is -1.35. The summed E-state index contributed by atoms with van der Waals surface area (Å²) in [4.78, 5) is 16.5. The van der Waals surface area contributed by atoms with Crippen LogP contribution in [0, 0.1) is 11.6 Å². The number of amides is 1. The number of fused-ring (bicyclic) bond motifs is 1.